The van der Waals surface area contributed by atoms with Crippen LogP contribution in [0.25, 0.3) is 0 Å². The minimum atomic E-state index is -1.24. The highest BCUT2D eigenvalue weighted by atomic mass is 16.6. The zero-order valence-electron chi connectivity index (χ0n) is 8.89. The Bertz CT molecular complexity index is 441. The summed E-state index contributed by atoms with van der Waals surface area (Å²) >= 11 is 0. The van der Waals surface area contributed by atoms with Gasteiger partial charge in [-0.15, -0.1) is 0 Å². The Morgan fingerprint density at radius 2 is 2.19 bits per heavy atom. The molecule has 0 spiro atoms. The quantitative estimate of drug-likeness (QED) is 0.625. The highest BCUT2D eigenvalue weighted by Crippen LogP contribution is 2.28. The summed E-state index contributed by atoms with van der Waals surface area (Å²) in [5, 5.41) is 19.5. The SMILES string of the molecule is CCOc1c(C)cc([N+](=O)[O-])cc1C(=O)O. The third kappa shape index (κ3) is 2.28. The van der Waals surface area contributed by atoms with Crippen LogP contribution < -0.4 is 4.74 Å². The van der Waals surface area contributed by atoms with Crippen LogP contribution in [0.5, 0.6) is 5.75 Å². The minimum absolute atomic E-state index is 0.181. The second kappa shape index (κ2) is 4.61. The first-order valence-electron chi connectivity index (χ1n) is 4.62. The topological polar surface area (TPSA) is 89.7 Å². The Balaban J connectivity index is 3.39. The van der Waals surface area contributed by atoms with Crippen molar-refractivity contribution in [3.8, 4) is 5.75 Å². The van der Waals surface area contributed by atoms with E-state index >= 15 is 0 Å². The Labute approximate surface area is 91.6 Å². The number of carboxylic acid groups (broad SMARTS) is 1. The van der Waals surface area contributed by atoms with Crippen molar-refractivity contribution in [1.82, 2.24) is 0 Å². The predicted molar refractivity (Wildman–Crippen MR) is 56.0 cm³/mol. The molecule has 0 atom stereocenters. The van der Waals surface area contributed by atoms with Crippen molar-refractivity contribution < 1.29 is 19.6 Å². The van der Waals surface area contributed by atoms with Gasteiger partial charge >= 0.3 is 5.97 Å². The Morgan fingerprint density at radius 1 is 1.56 bits per heavy atom. The molecule has 0 radical (unpaired) electrons. The zero-order chi connectivity index (χ0) is 12.3. The van der Waals surface area contributed by atoms with Crippen molar-refractivity contribution in [2.75, 3.05) is 6.61 Å². The fraction of sp³-hybridized carbons (Fsp3) is 0.300. The van der Waals surface area contributed by atoms with Crippen LogP contribution in [0.4, 0.5) is 5.69 Å². The molecule has 1 aromatic rings. The van der Waals surface area contributed by atoms with Crippen LogP contribution in [0.15, 0.2) is 12.1 Å². The number of hydrogen-bond donors (Lipinski definition) is 1. The maximum absolute atomic E-state index is 10.9. The van der Waals surface area contributed by atoms with Gasteiger partial charge in [0.2, 0.25) is 0 Å². The molecule has 0 aliphatic rings. The molecule has 0 saturated heterocycles. The van der Waals surface area contributed by atoms with Crippen LogP contribution in [0.3, 0.4) is 0 Å². The molecular formula is C10H11NO5. The molecule has 1 aromatic carbocycles. The number of aryl methyl sites for hydroxylation is 1. The van der Waals surface area contributed by atoms with E-state index in [4.69, 9.17) is 9.84 Å². The summed E-state index contributed by atoms with van der Waals surface area (Å²) in [5.41, 5.74) is 0.000327. The lowest BCUT2D eigenvalue weighted by Gasteiger charge is -2.09. The lowest BCUT2D eigenvalue weighted by Crippen LogP contribution is -2.05. The van der Waals surface area contributed by atoms with Crippen LogP contribution >= 0.6 is 0 Å². The molecule has 0 saturated carbocycles. The molecule has 1 N–H and O–H groups in total. The van der Waals surface area contributed by atoms with Gasteiger partial charge in [-0.05, 0) is 19.4 Å². The first kappa shape index (κ1) is 12.0. The number of carbonyl (C=O) groups is 1. The van der Waals surface area contributed by atoms with E-state index in [2.05, 4.69) is 0 Å². The van der Waals surface area contributed by atoms with Crippen molar-refractivity contribution >= 4 is 11.7 Å². The number of non-ortho nitro benzene ring substituents is 1. The van der Waals surface area contributed by atoms with Gasteiger partial charge in [-0.25, -0.2) is 4.79 Å². The Hall–Kier alpha value is -2.11. The summed E-state index contributed by atoms with van der Waals surface area (Å²) < 4.78 is 5.16. The van der Waals surface area contributed by atoms with Gasteiger partial charge in [-0.2, -0.15) is 0 Å². The van der Waals surface area contributed by atoms with Gasteiger partial charge in [0.25, 0.3) is 5.69 Å². The molecule has 0 aliphatic carbocycles. The number of nitro groups is 1. The standard InChI is InChI=1S/C10H11NO5/c1-3-16-9-6(2)4-7(11(14)15)5-8(9)10(12)13/h4-5H,3H2,1-2H3,(H,12,13). The average molecular weight is 225 g/mol. The molecule has 16 heavy (non-hydrogen) atoms. The summed E-state index contributed by atoms with van der Waals surface area (Å²) in [6.07, 6.45) is 0. The van der Waals surface area contributed by atoms with Gasteiger partial charge in [-0.1, -0.05) is 0 Å². The van der Waals surface area contributed by atoms with E-state index in [1.54, 1.807) is 13.8 Å². The number of rotatable bonds is 4. The largest absolute Gasteiger partial charge is 0.493 e. The summed E-state index contributed by atoms with van der Waals surface area (Å²) in [7, 11) is 0. The summed E-state index contributed by atoms with van der Waals surface area (Å²) in [4.78, 5) is 20.9. The molecule has 0 bridgehead atoms. The molecule has 86 valence electrons. The summed E-state index contributed by atoms with van der Waals surface area (Å²) in [6, 6.07) is 2.29. The monoisotopic (exact) mass is 225 g/mol. The van der Waals surface area contributed by atoms with E-state index in [9.17, 15) is 14.9 Å². The summed E-state index contributed by atoms with van der Waals surface area (Å²) in [6.45, 7) is 3.59. The van der Waals surface area contributed by atoms with Crippen LogP contribution in [-0.2, 0) is 0 Å². The van der Waals surface area contributed by atoms with Gasteiger partial charge < -0.3 is 9.84 Å². The van der Waals surface area contributed by atoms with Gasteiger partial charge in [0.15, 0.2) is 0 Å². The second-order valence-electron chi connectivity index (χ2n) is 3.13. The lowest BCUT2D eigenvalue weighted by molar-refractivity contribution is -0.385. The molecule has 6 heteroatoms. The number of carboxylic acids is 1. The normalized spacial score (nSPS) is 9.88. The zero-order valence-corrected chi connectivity index (χ0v) is 8.89. The van der Waals surface area contributed by atoms with Gasteiger partial charge in [0.05, 0.1) is 11.5 Å². The molecule has 0 heterocycles. The molecule has 0 unspecified atom stereocenters. The first-order chi connectivity index (χ1) is 7.47. The molecule has 0 aliphatic heterocycles. The Kier molecular flexibility index (Phi) is 3.44. The van der Waals surface area contributed by atoms with E-state index in [0.29, 0.717) is 12.2 Å². The van der Waals surface area contributed by atoms with E-state index in [1.165, 1.54) is 6.07 Å². The highest BCUT2D eigenvalue weighted by Gasteiger charge is 2.19. The Morgan fingerprint density at radius 3 is 2.62 bits per heavy atom. The fourth-order valence-corrected chi connectivity index (χ4v) is 1.36. The predicted octanol–water partition coefficient (Wildman–Crippen LogP) is 2.00. The first-order valence-corrected chi connectivity index (χ1v) is 4.62. The van der Waals surface area contributed by atoms with Gasteiger partial charge in [0.1, 0.15) is 11.3 Å². The average Bonchev–Trinajstić information content (AvgIpc) is 2.20. The molecule has 0 fully saturated rings. The molecular weight excluding hydrogens is 214 g/mol. The number of benzene rings is 1. The smallest absolute Gasteiger partial charge is 0.339 e. The number of hydrogen-bond acceptors (Lipinski definition) is 4. The molecule has 6 nitrogen and oxygen atoms in total. The van der Waals surface area contributed by atoms with Crippen LogP contribution in [0.1, 0.15) is 22.8 Å². The van der Waals surface area contributed by atoms with Gasteiger partial charge in [0, 0.05) is 12.1 Å². The van der Waals surface area contributed by atoms with Gasteiger partial charge in [-0.3, -0.25) is 10.1 Å². The third-order valence-corrected chi connectivity index (χ3v) is 1.99. The molecule has 0 amide bonds. The van der Waals surface area contributed by atoms with Crippen LogP contribution in [0, 0.1) is 17.0 Å². The summed E-state index contributed by atoms with van der Waals surface area (Å²) in [5.74, 6) is -1.06. The molecule has 0 aromatic heterocycles. The van der Waals surface area contributed by atoms with Crippen molar-refractivity contribution in [3.05, 3.63) is 33.4 Å². The van der Waals surface area contributed by atoms with E-state index in [-0.39, 0.29) is 17.0 Å². The van der Waals surface area contributed by atoms with E-state index < -0.39 is 10.9 Å². The number of ether oxygens (including phenoxy) is 1. The maximum Gasteiger partial charge on any atom is 0.339 e. The lowest BCUT2D eigenvalue weighted by atomic mass is 10.1. The van der Waals surface area contributed by atoms with E-state index in [1.807, 2.05) is 0 Å². The maximum atomic E-state index is 10.9. The van der Waals surface area contributed by atoms with E-state index in [0.717, 1.165) is 6.07 Å². The number of aromatic carboxylic acids is 1. The van der Waals surface area contributed by atoms with Crippen LogP contribution in [-0.4, -0.2) is 22.6 Å². The highest BCUT2D eigenvalue weighted by molar-refractivity contribution is 5.92. The minimum Gasteiger partial charge on any atom is -0.493 e. The number of nitrogens with zero attached hydrogens (tertiary/aromatic N) is 1. The van der Waals surface area contributed by atoms with Crippen LogP contribution in [0.2, 0.25) is 0 Å². The number of nitro benzene ring substituents is 1. The van der Waals surface area contributed by atoms with Crippen molar-refractivity contribution in [1.29, 1.82) is 0 Å². The second-order valence-corrected chi connectivity index (χ2v) is 3.13. The fourth-order valence-electron chi connectivity index (χ4n) is 1.36. The molecule has 1 rings (SSSR count). The third-order valence-electron chi connectivity index (χ3n) is 1.99. The van der Waals surface area contributed by atoms with Crippen molar-refractivity contribution in [3.63, 3.8) is 0 Å². The van der Waals surface area contributed by atoms with Crippen molar-refractivity contribution in [2.24, 2.45) is 0 Å². The van der Waals surface area contributed by atoms with Crippen molar-refractivity contribution in [2.45, 2.75) is 13.8 Å².